The summed E-state index contributed by atoms with van der Waals surface area (Å²) in [5.41, 5.74) is 2.07. The summed E-state index contributed by atoms with van der Waals surface area (Å²) in [6, 6.07) is 18.5. The summed E-state index contributed by atoms with van der Waals surface area (Å²) >= 11 is 0. The Morgan fingerprint density at radius 2 is 1.64 bits per heavy atom. The highest BCUT2D eigenvalue weighted by Crippen LogP contribution is 2.27. The largest absolute Gasteiger partial charge is 0.497 e. The first-order valence-electron chi connectivity index (χ1n) is 10.6. The third-order valence-electron chi connectivity index (χ3n) is 5.56. The fourth-order valence-electron chi connectivity index (χ4n) is 3.50. The van der Waals surface area contributed by atoms with E-state index in [0.717, 1.165) is 22.1 Å². The number of sulfonamides is 1. The Morgan fingerprint density at radius 3 is 2.30 bits per heavy atom. The lowest BCUT2D eigenvalue weighted by molar-refractivity contribution is 0.337. The standard InChI is InChI=1S/C25H27N3O4S/c1-25(2,3)20-10-6-17(7-11-20)24-26-23(32-27-24)16-28(4)33(29,30)22-13-9-18-14-21(31-5)12-8-19(18)15-22/h6-15H,16H2,1-5H3. The number of aromatic nitrogens is 2. The van der Waals surface area contributed by atoms with Crippen molar-refractivity contribution in [3.05, 3.63) is 72.1 Å². The fraction of sp³-hybridized carbons (Fsp3) is 0.280. The van der Waals surface area contributed by atoms with E-state index in [4.69, 9.17) is 9.26 Å². The lowest BCUT2D eigenvalue weighted by Crippen LogP contribution is -2.26. The number of rotatable bonds is 6. The van der Waals surface area contributed by atoms with E-state index in [1.165, 1.54) is 16.9 Å². The molecule has 4 rings (SSSR count). The normalized spacial score (nSPS) is 12.4. The number of fused-ring (bicyclic) bond motifs is 1. The maximum Gasteiger partial charge on any atom is 0.243 e. The first-order valence-corrected chi connectivity index (χ1v) is 12.0. The molecular weight excluding hydrogens is 438 g/mol. The third-order valence-corrected chi connectivity index (χ3v) is 7.36. The van der Waals surface area contributed by atoms with Gasteiger partial charge in [0.1, 0.15) is 5.75 Å². The third kappa shape index (κ3) is 4.77. The molecule has 0 atom stereocenters. The maximum atomic E-state index is 13.1. The molecule has 0 fully saturated rings. The van der Waals surface area contributed by atoms with E-state index in [9.17, 15) is 8.42 Å². The topological polar surface area (TPSA) is 85.5 Å². The Morgan fingerprint density at radius 1 is 0.970 bits per heavy atom. The van der Waals surface area contributed by atoms with Crippen LogP contribution in [0.4, 0.5) is 0 Å². The van der Waals surface area contributed by atoms with E-state index >= 15 is 0 Å². The number of hydrogen-bond acceptors (Lipinski definition) is 6. The van der Waals surface area contributed by atoms with Crippen molar-refractivity contribution in [3.63, 3.8) is 0 Å². The summed E-state index contributed by atoms with van der Waals surface area (Å²) in [6.45, 7) is 6.42. The van der Waals surface area contributed by atoms with Crippen LogP contribution in [-0.2, 0) is 22.0 Å². The zero-order chi connectivity index (χ0) is 23.8. The zero-order valence-electron chi connectivity index (χ0n) is 19.4. The molecule has 0 amide bonds. The summed E-state index contributed by atoms with van der Waals surface area (Å²) in [6.07, 6.45) is 0. The molecule has 1 aromatic heterocycles. The van der Waals surface area contributed by atoms with Crippen LogP contribution in [0.15, 0.2) is 70.1 Å². The van der Waals surface area contributed by atoms with Crippen molar-refractivity contribution in [2.45, 2.75) is 37.6 Å². The number of hydrogen-bond donors (Lipinski definition) is 0. The minimum atomic E-state index is -3.75. The van der Waals surface area contributed by atoms with E-state index < -0.39 is 10.0 Å². The quantitative estimate of drug-likeness (QED) is 0.398. The molecule has 3 aromatic carbocycles. The van der Waals surface area contributed by atoms with Gasteiger partial charge in [0.2, 0.25) is 21.7 Å². The Kier molecular flexibility index (Phi) is 5.99. The van der Waals surface area contributed by atoms with Gasteiger partial charge in [0, 0.05) is 12.6 Å². The van der Waals surface area contributed by atoms with Crippen LogP contribution in [-0.4, -0.2) is 37.0 Å². The van der Waals surface area contributed by atoms with Gasteiger partial charge in [-0.15, -0.1) is 0 Å². The van der Waals surface area contributed by atoms with Gasteiger partial charge < -0.3 is 9.26 Å². The van der Waals surface area contributed by atoms with Crippen LogP contribution < -0.4 is 4.74 Å². The number of ether oxygens (including phenoxy) is 1. The van der Waals surface area contributed by atoms with Crippen molar-refractivity contribution < 1.29 is 17.7 Å². The molecule has 172 valence electrons. The molecular formula is C25H27N3O4S. The zero-order valence-corrected chi connectivity index (χ0v) is 20.2. The minimum Gasteiger partial charge on any atom is -0.497 e. The molecule has 0 bridgehead atoms. The summed E-state index contributed by atoms with van der Waals surface area (Å²) in [4.78, 5) is 4.59. The van der Waals surface area contributed by atoms with Gasteiger partial charge >= 0.3 is 0 Å². The van der Waals surface area contributed by atoms with Crippen LogP contribution in [0.2, 0.25) is 0 Å². The van der Waals surface area contributed by atoms with Gasteiger partial charge in [-0.2, -0.15) is 9.29 Å². The van der Waals surface area contributed by atoms with Gasteiger partial charge in [0.05, 0.1) is 18.6 Å². The molecule has 0 spiro atoms. The summed E-state index contributed by atoms with van der Waals surface area (Å²) < 4.78 is 38.0. The van der Waals surface area contributed by atoms with Gasteiger partial charge in [-0.25, -0.2) is 8.42 Å². The summed E-state index contributed by atoms with van der Waals surface area (Å²) in [5, 5.41) is 5.73. The van der Waals surface area contributed by atoms with Gasteiger partial charge in [-0.05, 0) is 46.0 Å². The highest BCUT2D eigenvalue weighted by Gasteiger charge is 2.24. The molecule has 7 nitrogen and oxygen atoms in total. The molecule has 1 heterocycles. The number of nitrogens with zero attached hydrogens (tertiary/aromatic N) is 3. The van der Waals surface area contributed by atoms with Crippen molar-refractivity contribution in [1.29, 1.82) is 0 Å². The lowest BCUT2D eigenvalue weighted by Gasteiger charge is -2.18. The van der Waals surface area contributed by atoms with Crippen molar-refractivity contribution in [2.24, 2.45) is 0 Å². The van der Waals surface area contributed by atoms with E-state index in [0.29, 0.717) is 5.82 Å². The van der Waals surface area contributed by atoms with Crippen LogP contribution >= 0.6 is 0 Å². The van der Waals surface area contributed by atoms with Crippen molar-refractivity contribution in [3.8, 4) is 17.1 Å². The Balaban J connectivity index is 1.53. The van der Waals surface area contributed by atoms with Gasteiger partial charge in [0.15, 0.2) is 0 Å². The molecule has 0 saturated heterocycles. The van der Waals surface area contributed by atoms with Crippen LogP contribution in [0.3, 0.4) is 0 Å². The second-order valence-corrected chi connectivity index (χ2v) is 11.0. The Labute approximate surface area is 194 Å². The molecule has 33 heavy (non-hydrogen) atoms. The average Bonchev–Trinajstić information content (AvgIpc) is 3.26. The van der Waals surface area contributed by atoms with Crippen LogP contribution in [0.5, 0.6) is 5.75 Å². The van der Waals surface area contributed by atoms with Gasteiger partial charge in [0.25, 0.3) is 0 Å². The highest BCUT2D eigenvalue weighted by atomic mass is 32.2. The molecule has 0 aliphatic carbocycles. The maximum absolute atomic E-state index is 13.1. The molecule has 0 saturated carbocycles. The monoisotopic (exact) mass is 465 g/mol. The second-order valence-electron chi connectivity index (χ2n) is 8.98. The van der Waals surface area contributed by atoms with Crippen molar-refractivity contribution in [1.82, 2.24) is 14.4 Å². The van der Waals surface area contributed by atoms with Crippen molar-refractivity contribution >= 4 is 20.8 Å². The predicted molar refractivity (Wildman–Crippen MR) is 128 cm³/mol. The van der Waals surface area contributed by atoms with Gasteiger partial charge in [-0.3, -0.25) is 0 Å². The molecule has 0 N–H and O–H groups in total. The van der Waals surface area contributed by atoms with E-state index in [1.54, 1.807) is 31.4 Å². The van der Waals surface area contributed by atoms with E-state index in [1.807, 2.05) is 36.4 Å². The molecule has 0 aliphatic heterocycles. The lowest BCUT2D eigenvalue weighted by atomic mass is 9.87. The Bertz CT molecular complexity index is 1390. The van der Waals surface area contributed by atoms with Crippen LogP contribution in [0.25, 0.3) is 22.2 Å². The van der Waals surface area contributed by atoms with Crippen LogP contribution in [0, 0.1) is 0 Å². The minimum absolute atomic E-state index is 0.0317. The molecule has 0 aliphatic rings. The molecule has 4 aromatic rings. The fourth-order valence-corrected chi connectivity index (χ4v) is 4.66. The number of methoxy groups -OCH3 is 1. The summed E-state index contributed by atoms with van der Waals surface area (Å²) in [5.74, 6) is 1.37. The predicted octanol–water partition coefficient (Wildman–Crippen LogP) is 5.02. The molecule has 0 unspecified atom stereocenters. The van der Waals surface area contributed by atoms with Gasteiger partial charge in [-0.1, -0.05) is 62.3 Å². The smallest absolute Gasteiger partial charge is 0.243 e. The molecule has 0 radical (unpaired) electrons. The molecule has 8 heteroatoms. The first kappa shape index (κ1) is 22.9. The van der Waals surface area contributed by atoms with E-state index in [2.05, 4.69) is 30.9 Å². The highest BCUT2D eigenvalue weighted by molar-refractivity contribution is 7.89. The second kappa shape index (κ2) is 8.61. The Hall–Kier alpha value is -3.23. The SMILES string of the molecule is COc1ccc2cc(S(=O)(=O)N(C)Cc3nc(-c4ccc(C(C)(C)C)cc4)no3)ccc2c1. The average molecular weight is 466 g/mol. The van der Waals surface area contributed by atoms with E-state index in [-0.39, 0.29) is 22.7 Å². The van der Waals surface area contributed by atoms with Crippen molar-refractivity contribution in [2.75, 3.05) is 14.2 Å². The number of benzene rings is 3. The first-order chi connectivity index (χ1) is 15.6. The van der Waals surface area contributed by atoms with Crippen LogP contribution in [0.1, 0.15) is 32.2 Å². The summed E-state index contributed by atoms with van der Waals surface area (Å²) in [7, 11) is -0.656.